The molecule has 0 fully saturated rings. The van der Waals surface area contributed by atoms with Crippen LogP contribution in [0.4, 0.5) is 0 Å². The summed E-state index contributed by atoms with van der Waals surface area (Å²) in [4.78, 5) is 1.25. The molecule has 1 nitrogen and oxygen atoms in total. The maximum absolute atomic E-state index is 6.03. The van der Waals surface area contributed by atoms with Crippen molar-refractivity contribution in [3.05, 3.63) is 33.5 Å². The van der Waals surface area contributed by atoms with E-state index in [0.717, 1.165) is 23.7 Å². The van der Waals surface area contributed by atoms with Gasteiger partial charge in [0.25, 0.3) is 0 Å². The molecular weight excluding hydrogens is 246 g/mol. The van der Waals surface area contributed by atoms with Crippen molar-refractivity contribution >= 4 is 27.3 Å². The Morgan fingerprint density at radius 1 is 1.69 bits per heavy atom. The molecule has 0 saturated carbocycles. The Bertz CT molecular complexity index is 270. The molecule has 0 spiro atoms. The van der Waals surface area contributed by atoms with Gasteiger partial charge in [0.05, 0.1) is 0 Å². The predicted octanol–water partition coefficient (Wildman–Crippen LogP) is 3.87. The van der Waals surface area contributed by atoms with E-state index in [9.17, 15) is 0 Å². The Morgan fingerprint density at radius 2 is 2.46 bits per heavy atom. The Labute approximate surface area is 91.8 Å². The fraction of sp³-hybridized carbons (Fsp3) is 0.400. The van der Waals surface area contributed by atoms with Gasteiger partial charge in [0, 0.05) is 15.4 Å². The minimum absolute atomic E-state index is 0.175. The molecule has 0 aromatic carbocycles. The molecular formula is C10H14BrNS. The standard InChI is InChI=1S/C10H14BrNS/c1-2-3-4-5-9(12)10-8(11)6-7-13-10/h2,6-7,9H,1,3-5,12H2. The fourth-order valence-electron chi connectivity index (χ4n) is 1.18. The molecule has 1 aromatic rings. The van der Waals surface area contributed by atoms with Crippen molar-refractivity contribution in [2.45, 2.75) is 25.3 Å². The van der Waals surface area contributed by atoms with Crippen molar-refractivity contribution in [1.29, 1.82) is 0 Å². The Morgan fingerprint density at radius 3 is 3.00 bits per heavy atom. The fourth-order valence-corrected chi connectivity index (χ4v) is 2.89. The van der Waals surface area contributed by atoms with Crippen molar-refractivity contribution in [2.24, 2.45) is 5.73 Å². The molecule has 3 heteroatoms. The molecule has 0 amide bonds. The van der Waals surface area contributed by atoms with Gasteiger partial charge in [0.15, 0.2) is 0 Å². The number of rotatable bonds is 5. The van der Waals surface area contributed by atoms with Crippen LogP contribution in [0.1, 0.15) is 30.2 Å². The maximum atomic E-state index is 6.03. The van der Waals surface area contributed by atoms with Crippen LogP contribution in [0.5, 0.6) is 0 Å². The third-order valence-corrected chi connectivity index (χ3v) is 3.91. The summed E-state index contributed by atoms with van der Waals surface area (Å²) < 4.78 is 1.14. The molecule has 0 bridgehead atoms. The highest BCUT2D eigenvalue weighted by molar-refractivity contribution is 9.10. The monoisotopic (exact) mass is 259 g/mol. The molecule has 1 heterocycles. The van der Waals surface area contributed by atoms with Gasteiger partial charge in [-0.3, -0.25) is 0 Å². The van der Waals surface area contributed by atoms with Crippen molar-refractivity contribution in [2.75, 3.05) is 0 Å². The zero-order chi connectivity index (χ0) is 9.68. The van der Waals surface area contributed by atoms with E-state index < -0.39 is 0 Å². The minimum Gasteiger partial charge on any atom is -0.323 e. The topological polar surface area (TPSA) is 26.0 Å². The first-order valence-electron chi connectivity index (χ1n) is 4.35. The van der Waals surface area contributed by atoms with E-state index in [2.05, 4.69) is 27.9 Å². The van der Waals surface area contributed by atoms with Gasteiger partial charge in [0.2, 0.25) is 0 Å². The molecule has 0 aliphatic carbocycles. The lowest BCUT2D eigenvalue weighted by Crippen LogP contribution is -2.08. The highest BCUT2D eigenvalue weighted by Gasteiger charge is 2.09. The molecule has 0 aliphatic rings. The zero-order valence-electron chi connectivity index (χ0n) is 7.50. The summed E-state index contributed by atoms with van der Waals surface area (Å²) in [5.74, 6) is 0. The average molecular weight is 260 g/mol. The molecule has 1 aromatic heterocycles. The van der Waals surface area contributed by atoms with Crippen molar-refractivity contribution in [3.63, 3.8) is 0 Å². The predicted molar refractivity (Wildman–Crippen MR) is 63.0 cm³/mol. The second-order valence-electron chi connectivity index (χ2n) is 2.96. The molecule has 0 saturated heterocycles. The number of nitrogens with two attached hydrogens (primary N) is 1. The van der Waals surface area contributed by atoms with E-state index in [1.165, 1.54) is 4.88 Å². The zero-order valence-corrected chi connectivity index (χ0v) is 9.90. The van der Waals surface area contributed by atoms with E-state index in [1.54, 1.807) is 11.3 Å². The molecule has 1 rings (SSSR count). The van der Waals surface area contributed by atoms with Gasteiger partial charge in [0.1, 0.15) is 0 Å². The summed E-state index contributed by atoms with van der Waals surface area (Å²) in [7, 11) is 0. The Kier molecular flexibility index (Phi) is 4.70. The largest absolute Gasteiger partial charge is 0.323 e. The normalized spacial score (nSPS) is 12.8. The lowest BCUT2D eigenvalue weighted by atomic mass is 10.1. The summed E-state index contributed by atoms with van der Waals surface area (Å²) >= 11 is 5.20. The SMILES string of the molecule is C=CCCCC(N)c1sccc1Br. The number of thiophene rings is 1. The van der Waals surface area contributed by atoms with Gasteiger partial charge < -0.3 is 5.73 Å². The first-order valence-corrected chi connectivity index (χ1v) is 6.02. The van der Waals surface area contributed by atoms with Gasteiger partial charge >= 0.3 is 0 Å². The third-order valence-electron chi connectivity index (χ3n) is 1.90. The number of hydrogen-bond donors (Lipinski definition) is 1. The van der Waals surface area contributed by atoms with Gasteiger partial charge in [-0.25, -0.2) is 0 Å². The van der Waals surface area contributed by atoms with Crippen LogP contribution in [0.2, 0.25) is 0 Å². The molecule has 13 heavy (non-hydrogen) atoms. The van der Waals surface area contributed by atoms with Crippen LogP contribution in [0.15, 0.2) is 28.6 Å². The second-order valence-corrected chi connectivity index (χ2v) is 4.76. The molecule has 1 atom stereocenters. The van der Waals surface area contributed by atoms with Gasteiger partial charge in [-0.1, -0.05) is 6.08 Å². The Balaban J connectivity index is 2.44. The van der Waals surface area contributed by atoms with Gasteiger partial charge in [-0.05, 0) is 46.6 Å². The Hall–Kier alpha value is -0.120. The summed E-state index contributed by atoms with van der Waals surface area (Å²) in [6.45, 7) is 3.69. The molecule has 0 aliphatic heterocycles. The minimum atomic E-state index is 0.175. The van der Waals surface area contributed by atoms with Gasteiger partial charge in [-0.15, -0.1) is 17.9 Å². The smallest absolute Gasteiger partial charge is 0.0401 e. The molecule has 2 N–H and O–H groups in total. The highest BCUT2D eigenvalue weighted by atomic mass is 79.9. The van der Waals surface area contributed by atoms with Crippen molar-refractivity contribution in [3.8, 4) is 0 Å². The van der Waals surface area contributed by atoms with Crippen molar-refractivity contribution in [1.82, 2.24) is 0 Å². The summed E-state index contributed by atoms with van der Waals surface area (Å²) in [6.07, 6.45) is 5.15. The summed E-state index contributed by atoms with van der Waals surface area (Å²) in [5.41, 5.74) is 6.03. The van der Waals surface area contributed by atoms with Crippen molar-refractivity contribution < 1.29 is 0 Å². The summed E-state index contributed by atoms with van der Waals surface area (Å²) in [5, 5.41) is 2.06. The number of unbranched alkanes of at least 4 members (excludes halogenated alkanes) is 1. The number of hydrogen-bond acceptors (Lipinski definition) is 2. The van der Waals surface area contributed by atoms with Gasteiger partial charge in [-0.2, -0.15) is 0 Å². The number of allylic oxidation sites excluding steroid dienone is 1. The van der Waals surface area contributed by atoms with E-state index in [-0.39, 0.29) is 6.04 Å². The van der Waals surface area contributed by atoms with Crippen LogP contribution < -0.4 is 5.73 Å². The molecule has 1 unspecified atom stereocenters. The second kappa shape index (κ2) is 5.58. The quantitative estimate of drug-likeness (QED) is 0.631. The number of halogens is 1. The first-order chi connectivity index (χ1) is 6.25. The first kappa shape index (κ1) is 11.0. The van der Waals surface area contributed by atoms with Crippen LogP contribution in [0.3, 0.4) is 0 Å². The van der Waals surface area contributed by atoms with Crippen LogP contribution in [0, 0.1) is 0 Å². The van der Waals surface area contributed by atoms with Crippen LogP contribution in [-0.4, -0.2) is 0 Å². The van der Waals surface area contributed by atoms with E-state index in [0.29, 0.717) is 0 Å². The summed E-state index contributed by atoms with van der Waals surface area (Å²) in [6, 6.07) is 2.22. The van der Waals surface area contributed by atoms with E-state index >= 15 is 0 Å². The maximum Gasteiger partial charge on any atom is 0.0401 e. The van der Waals surface area contributed by atoms with E-state index in [4.69, 9.17) is 5.73 Å². The molecule has 0 radical (unpaired) electrons. The lowest BCUT2D eigenvalue weighted by Gasteiger charge is -2.08. The lowest BCUT2D eigenvalue weighted by molar-refractivity contribution is 0.624. The molecule has 72 valence electrons. The average Bonchev–Trinajstić information content (AvgIpc) is 2.52. The van der Waals surface area contributed by atoms with Crippen LogP contribution in [-0.2, 0) is 0 Å². The highest BCUT2D eigenvalue weighted by Crippen LogP contribution is 2.30. The third kappa shape index (κ3) is 3.25. The van der Waals surface area contributed by atoms with E-state index in [1.807, 2.05) is 12.1 Å². The van der Waals surface area contributed by atoms with Crippen LogP contribution >= 0.6 is 27.3 Å². The van der Waals surface area contributed by atoms with Crippen LogP contribution in [0.25, 0.3) is 0 Å².